The number of carbonyl (C=O) groups excluding carboxylic acids is 3. The first-order valence-corrected chi connectivity index (χ1v) is 16.9. The molecule has 3 rings (SSSR count). The quantitative estimate of drug-likeness (QED) is 0.186. The Morgan fingerprint density at radius 1 is 1.04 bits per heavy atom. The number of carbonyl (C=O) groups is 3. The number of benzene rings is 1. The molecule has 2 aliphatic heterocycles. The molecule has 0 saturated carbocycles. The molecule has 3 N–H and O–H groups in total. The molecule has 46 heavy (non-hydrogen) atoms. The van der Waals surface area contributed by atoms with Crippen molar-refractivity contribution in [2.75, 3.05) is 25.5 Å². The highest BCUT2D eigenvalue weighted by Gasteiger charge is 2.40. The summed E-state index contributed by atoms with van der Waals surface area (Å²) in [6, 6.07) is 5.68. The summed E-state index contributed by atoms with van der Waals surface area (Å²) in [5.41, 5.74) is 1.37. The number of anilines is 1. The molecule has 0 radical (unpaired) electrons. The molecule has 4 unspecified atom stereocenters. The van der Waals surface area contributed by atoms with Crippen LogP contribution >= 0.6 is 0 Å². The summed E-state index contributed by atoms with van der Waals surface area (Å²) in [4.78, 5) is 46.8. The third-order valence-corrected chi connectivity index (χ3v) is 9.44. The van der Waals surface area contributed by atoms with Crippen LogP contribution in [0.5, 0.6) is 0 Å². The van der Waals surface area contributed by atoms with E-state index in [2.05, 4.69) is 35.3 Å². The molecule has 0 spiro atoms. The third kappa shape index (κ3) is 9.21. The van der Waals surface area contributed by atoms with Crippen LogP contribution in [0.4, 0.5) is 5.69 Å². The number of hydrogen-bond acceptors (Lipinski definition) is 6. The van der Waals surface area contributed by atoms with Crippen LogP contribution in [-0.2, 0) is 14.4 Å². The number of nitrogens with one attached hydrogen (secondary N) is 2. The van der Waals surface area contributed by atoms with Gasteiger partial charge in [-0.15, -0.1) is 6.42 Å². The summed E-state index contributed by atoms with van der Waals surface area (Å²) < 4.78 is 0. The summed E-state index contributed by atoms with van der Waals surface area (Å²) in [5.74, 6) is 2.00. The maximum atomic E-state index is 14.2. The molecule has 2 heterocycles. The van der Waals surface area contributed by atoms with Gasteiger partial charge >= 0.3 is 0 Å². The lowest BCUT2D eigenvalue weighted by atomic mass is 9.84. The van der Waals surface area contributed by atoms with Crippen molar-refractivity contribution >= 4 is 23.4 Å². The highest BCUT2D eigenvalue weighted by Crippen LogP contribution is 2.28. The zero-order valence-corrected chi connectivity index (χ0v) is 29.5. The standard InChI is InChI=1S/C37H57N5O4/c1-11-27-17-19-28(20-18-27)38-33(43)30-16-14-22-42(30)35(45)26(6)23-31(24(2)3)40(10)36(46)32(37(7,8)9)39-34(44)29-15-12-13-21-41(29)25(4)5/h1,17-20,23-25,29-32,34,39,44H,12-16,21-22H2,2-10H3,(H,38,43)/b26-23+/t29?,30?,31-,32?,34?/m1/s1. The Morgan fingerprint density at radius 2 is 1.70 bits per heavy atom. The van der Waals surface area contributed by atoms with Gasteiger partial charge in [0, 0.05) is 42.5 Å². The Labute approximate surface area is 277 Å². The van der Waals surface area contributed by atoms with E-state index in [4.69, 9.17) is 6.42 Å². The van der Waals surface area contributed by atoms with Gasteiger partial charge in [0.25, 0.3) is 0 Å². The molecular weight excluding hydrogens is 578 g/mol. The van der Waals surface area contributed by atoms with Crippen LogP contribution in [0.3, 0.4) is 0 Å². The topological polar surface area (TPSA) is 105 Å². The smallest absolute Gasteiger partial charge is 0.249 e. The van der Waals surface area contributed by atoms with Crippen LogP contribution in [0.25, 0.3) is 0 Å². The molecule has 9 heteroatoms. The van der Waals surface area contributed by atoms with E-state index in [1.807, 2.05) is 40.7 Å². The minimum Gasteiger partial charge on any atom is -0.377 e. The second-order valence-electron chi connectivity index (χ2n) is 14.7. The molecule has 2 fully saturated rings. The molecule has 0 bridgehead atoms. The lowest BCUT2D eigenvalue weighted by Gasteiger charge is -2.44. The molecule has 1 aromatic rings. The van der Waals surface area contributed by atoms with Gasteiger partial charge in [0.05, 0.1) is 12.1 Å². The first kappa shape index (κ1) is 37.3. The zero-order chi connectivity index (χ0) is 34.3. The van der Waals surface area contributed by atoms with E-state index >= 15 is 0 Å². The van der Waals surface area contributed by atoms with Gasteiger partial charge in [0.2, 0.25) is 17.7 Å². The zero-order valence-electron chi connectivity index (χ0n) is 29.5. The van der Waals surface area contributed by atoms with E-state index in [1.165, 1.54) is 0 Å². The number of rotatable bonds is 11. The summed E-state index contributed by atoms with van der Waals surface area (Å²) in [6.45, 7) is 17.5. The molecule has 0 aromatic heterocycles. The molecule has 3 amide bonds. The van der Waals surface area contributed by atoms with Crippen molar-refractivity contribution in [2.24, 2.45) is 11.3 Å². The molecule has 1 aromatic carbocycles. The second kappa shape index (κ2) is 16.1. The Morgan fingerprint density at radius 3 is 2.26 bits per heavy atom. The maximum Gasteiger partial charge on any atom is 0.249 e. The number of amides is 3. The predicted octanol–water partition coefficient (Wildman–Crippen LogP) is 4.61. The van der Waals surface area contributed by atoms with E-state index in [0.717, 1.165) is 37.8 Å². The summed E-state index contributed by atoms with van der Waals surface area (Å²) in [5, 5.41) is 17.7. The number of likely N-dealkylation sites (tertiary alicyclic amines) is 2. The van der Waals surface area contributed by atoms with Crippen LogP contribution in [0, 0.1) is 23.7 Å². The first-order chi connectivity index (χ1) is 21.6. The maximum absolute atomic E-state index is 14.2. The van der Waals surface area contributed by atoms with Crippen molar-refractivity contribution in [3.05, 3.63) is 41.5 Å². The molecule has 0 aliphatic carbocycles. The van der Waals surface area contributed by atoms with Crippen molar-refractivity contribution in [1.82, 2.24) is 20.0 Å². The summed E-state index contributed by atoms with van der Waals surface area (Å²) in [7, 11) is 1.77. The second-order valence-corrected chi connectivity index (χ2v) is 14.7. The van der Waals surface area contributed by atoms with Gasteiger partial charge in [0.1, 0.15) is 12.3 Å². The first-order valence-electron chi connectivity index (χ1n) is 16.9. The Bertz CT molecular complexity index is 1280. The highest BCUT2D eigenvalue weighted by molar-refractivity contribution is 6.01. The van der Waals surface area contributed by atoms with Crippen LogP contribution in [-0.4, -0.2) is 94.1 Å². The number of likely N-dealkylation sites (N-methyl/N-ethyl adjacent to an activating group) is 1. The third-order valence-electron chi connectivity index (χ3n) is 9.44. The van der Waals surface area contributed by atoms with Gasteiger partial charge in [-0.3, -0.25) is 24.6 Å². The van der Waals surface area contributed by atoms with Gasteiger partial charge in [-0.25, -0.2) is 0 Å². The van der Waals surface area contributed by atoms with Crippen LogP contribution in [0.1, 0.15) is 93.1 Å². The molecule has 9 nitrogen and oxygen atoms in total. The highest BCUT2D eigenvalue weighted by atomic mass is 16.3. The molecule has 5 atom stereocenters. The van der Waals surface area contributed by atoms with Gasteiger partial charge in [-0.1, -0.05) is 53.0 Å². The van der Waals surface area contributed by atoms with Gasteiger partial charge in [-0.2, -0.15) is 0 Å². The molecular formula is C37H57N5O4. The summed E-state index contributed by atoms with van der Waals surface area (Å²) >= 11 is 0. The van der Waals surface area contributed by atoms with Crippen LogP contribution < -0.4 is 10.6 Å². The number of terminal acetylenes is 1. The molecule has 2 aliphatic rings. The van der Waals surface area contributed by atoms with Crippen molar-refractivity contribution in [2.45, 2.75) is 124 Å². The fraction of sp³-hybridized carbons (Fsp3) is 0.649. The average Bonchev–Trinajstić information content (AvgIpc) is 3.51. The minimum atomic E-state index is -0.853. The van der Waals surface area contributed by atoms with E-state index in [9.17, 15) is 19.5 Å². The number of nitrogens with zero attached hydrogens (tertiary/aromatic N) is 3. The lowest BCUT2D eigenvalue weighted by molar-refractivity contribution is -0.139. The predicted molar refractivity (Wildman–Crippen MR) is 185 cm³/mol. The minimum absolute atomic E-state index is 0.0145. The Balaban J connectivity index is 1.77. The fourth-order valence-corrected chi connectivity index (χ4v) is 6.75. The normalized spacial score (nSPS) is 21.5. The van der Waals surface area contributed by atoms with Crippen LogP contribution in [0.15, 0.2) is 35.9 Å². The van der Waals surface area contributed by atoms with Gasteiger partial charge in [0.15, 0.2) is 0 Å². The van der Waals surface area contributed by atoms with E-state index in [0.29, 0.717) is 30.3 Å². The van der Waals surface area contributed by atoms with Gasteiger partial charge in [-0.05, 0) is 88.6 Å². The van der Waals surface area contributed by atoms with Crippen LogP contribution in [0.2, 0.25) is 0 Å². The number of aliphatic hydroxyl groups excluding tert-OH is 1. The molecule has 2 saturated heterocycles. The molecule has 254 valence electrons. The summed E-state index contributed by atoms with van der Waals surface area (Å²) in [6.07, 6.45) is 10.8. The van der Waals surface area contributed by atoms with Crippen molar-refractivity contribution in [1.29, 1.82) is 0 Å². The monoisotopic (exact) mass is 635 g/mol. The average molecular weight is 636 g/mol. The number of hydrogen-bond donors (Lipinski definition) is 3. The van der Waals surface area contributed by atoms with Gasteiger partial charge < -0.3 is 20.2 Å². The van der Waals surface area contributed by atoms with Crippen molar-refractivity contribution in [3.8, 4) is 12.3 Å². The van der Waals surface area contributed by atoms with E-state index in [1.54, 1.807) is 48.0 Å². The van der Waals surface area contributed by atoms with E-state index < -0.39 is 23.7 Å². The largest absolute Gasteiger partial charge is 0.377 e. The number of aliphatic hydroxyl groups is 1. The SMILES string of the molecule is C#Cc1ccc(NC(=O)C2CCCN2C(=O)/C(C)=C/[C@H](C(C)C)N(C)C(=O)C(NC(O)C2CCCCN2C(C)C)C(C)(C)C)cc1. The lowest BCUT2D eigenvalue weighted by Crippen LogP contribution is -2.62. The number of piperidine rings is 1. The Hall–Kier alpha value is -3.19. The Kier molecular flexibility index (Phi) is 13.0. The van der Waals surface area contributed by atoms with Crippen molar-refractivity contribution < 1.29 is 19.5 Å². The van der Waals surface area contributed by atoms with Crippen molar-refractivity contribution in [3.63, 3.8) is 0 Å². The fourth-order valence-electron chi connectivity index (χ4n) is 6.75. The van der Waals surface area contributed by atoms with E-state index in [-0.39, 0.29) is 35.7 Å².